The normalized spacial score (nSPS) is 16.5. The summed E-state index contributed by atoms with van der Waals surface area (Å²) in [5, 5.41) is 2.98. The first-order chi connectivity index (χ1) is 15.5. The Hall–Kier alpha value is -3.07. The van der Waals surface area contributed by atoms with Gasteiger partial charge in [0.15, 0.2) is 0 Å². The molecule has 1 N–H and O–H groups in total. The molecule has 32 heavy (non-hydrogen) atoms. The van der Waals surface area contributed by atoms with Crippen LogP contribution in [0.4, 0.5) is 16.3 Å². The van der Waals surface area contributed by atoms with Crippen LogP contribution >= 0.6 is 0 Å². The van der Waals surface area contributed by atoms with E-state index in [1.165, 1.54) is 0 Å². The molecular formula is C23H32N6O3. The van der Waals surface area contributed by atoms with E-state index in [-0.39, 0.29) is 6.03 Å². The number of carbonyl (C=O) groups is 1. The minimum absolute atomic E-state index is 0.165. The first-order valence-electron chi connectivity index (χ1n) is 11.1. The first-order valence-corrected chi connectivity index (χ1v) is 11.1. The van der Waals surface area contributed by atoms with Gasteiger partial charge >= 0.3 is 6.03 Å². The standard InChI is InChI=1S/C23H32N6O3/c1-5-27-10-12-28(13-11-27)22-18-15-29(9-8-19(18)24-16(2)25-22)23(30)26-20-7-6-17(31-3)14-21(20)32-4/h6-7,14H,5,8-13,15H2,1-4H3,(H,26,30). The molecule has 0 atom stereocenters. The number of fused-ring (bicyclic) bond motifs is 1. The van der Waals surface area contributed by atoms with E-state index in [0.29, 0.717) is 36.7 Å². The highest BCUT2D eigenvalue weighted by molar-refractivity contribution is 5.91. The lowest BCUT2D eigenvalue weighted by atomic mass is 10.1. The molecule has 2 aromatic rings. The van der Waals surface area contributed by atoms with Crippen LogP contribution < -0.4 is 19.7 Å². The van der Waals surface area contributed by atoms with Crippen LogP contribution in [0.2, 0.25) is 0 Å². The van der Waals surface area contributed by atoms with Crippen LogP contribution in [0.15, 0.2) is 18.2 Å². The molecule has 3 heterocycles. The van der Waals surface area contributed by atoms with Gasteiger partial charge in [-0.25, -0.2) is 14.8 Å². The van der Waals surface area contributed by atoms with Gasteiger partial charge < -0.3 is 29.5 Å². The molecule has 0 aliphatic carbocycles. The zero-order valence-corrected chi connectivity index (χ0v) is 19.3. The highest BCUT2D eigenvalue weighted by atomic mass is 16.5. The molecule has 2 aliphatic heterocycles. The lowest BCUT2D eigenvalue weighted by molar-refractivity contribution is 0.205. The number of ether oxygens (including phenoxy) is 2. The lowest BCUT2D eigenvalue weighted by Crippen LogP contribution is -2.47. The third kappa shape index (κ3) is 4.57. The quantitative estimate of drug-likeness (QED) is 0.765. The molecular weight excluding hydrogens is 408 g/mol. The van der Waals surface area contributed by atoms with Crippen LogP contribution in [-0.4, -0.2) is 79.3 Å². The summed E-state index contributed by atoms with van der Waals surface area (Å²) in [6.45, 7) is 10.2. The number of nitrogens with one attached hydrogen (secondary N) is 1. The maximum absolute atomic E-state index is 13.1. The van der Waals surface area contributed by atoms with E-state index < -0.39 is 0 Å². The zero-order chi connectivity index (χ0) is 22.7. The van der Waals surface area contributed by atoms with Gasteiger partial charge in [-0.2, -0.15) is 0 Å². The fourth-order valence-corrected chi connectivity index (χ4v) is 4.32. The molecule has 1 aromatic carbocycles. The molecule has 9 heteroatoms. The van der Waals surface area contributed by atoms with E-state index in [1.54, 1.807) is 32.4 Å². The summed E-state index contributed by atoms with van der Waals surface area (Å²) in [6.07, 6.45) is 0.716. The number of rotatable bonds is 5. The van der Waals surface area contributed by atoms with Crippen molar-refractivity contribution in [3.8, 4) is 11.5 Å². The molecule has 1 fully saturated rings. The second kappa shape index (κ2) is 9.60. The number of nitrogens with zero attached hydrogens (tertiary/aromatic N) is 5. The van der Waals surface area contributed by atoms with Crippen molar-refractivity contribution in [2.24, 2.45) is 0 Å². The molecule has 2 aliphatic rings. The molecule has 4 rings (SSSR count). The number of hydrogen-bond acceptors (Lipinski definition) is 7. The third-order valence-corrected chi connectivity index (χ3v) is 6.21. The molecule has 2 amide bonds. The van der Waals surface area contributed by atoms with Gasteiger partial charge in [0.25, 0.3) is 0 Å². The molecule has 9 nitrogen and oxygen atoms in total. The second-order valence-electron chi connectivity index (χ2n) is 8.11. The lowest BCUT2D eigenvalue weighted by Gasteiger charge is -2.37. The summed E-state index contributed by atoms with van der Waals surface area (Å²) in [6, 6.07) is 5.18. The summed E-state index contributed by atoms with van der Waals surface area (Å²) in [5.74, 6) is 3.00. The minimum Gasteiger partial charge on any atom is -0.497 e. The number of hydrogen-bond donors (Lipinski definition) is 1. The highest BCUT2D eigenvalue weighted by Gasteiger charge is 2.29. The number of amides is 2. The van der Waals surface area contributed by atoms with Gasteiger partial charge in [0.1, 0.15) is 23.1 Å². The van der Waals surface area contributed by atoms with E-state index in [9.17, 15) is 4.79 Å². The molecule has 172 valence electrons. The molecule has 1 aromatic heterocycles. The number of aryl methyl sites for hydroxylation is 1. The van der Waals surface area contributed by atoms with Crippen molar-refractivity contribution < 1.29 is 14.3 Å². The van der Waals surface area contributed by atoms with Gasteiger partial charge in [-0.1, -0.05) is 6.92 Å². The predicted octanol–water partition coefficient (Wildman–Crippen LogP) is 2.53. The largest absolute Gasteiger partial charge is 0.497 e. The summed E-state index contributed by atoms with van der Waals surface area (Å²) < 4.78 is 10.7. The van der Waals surface area contributed by atoms with Gasteiger partial charge in [-0.3, -0.25) is 0 Å². The van der Waals surface area contributed by atoms with Crippen LogP contribution in [0, 0.1) is 6.92 Å². The van der Waals surface area contributed by atoms with Crippen molar-refractivity contribution in [3.63, 3.8) is 0 Å². The first kappa shape index (κ1) is 22.1. The van der Waals surface area contributed by atoms with Gasteiger partial charge in [0, 0.05) is 50.8 Å². The summed E-state index contributed by atoms with van der Waals surface area (Å²) in [5.41, 5.74) is 2.72. The Bertz CT molecular complexity index is 974. The number of carbonyl (C=O) groups excluding carboxylic acids is 1. The van der Waals surface area contributed by atoms with E-state index in [4.69, 9.17) is 14.5 Å². The topological polar surface area (TPSA) is 83.1 Å². The fraction of sp³-hybridized carbons (Fsp3) is 0.522. The Labute approximate surface area is 189 Å². The Morgan fingerprint density at radius 1 is 1.09 bits per heavy atom. The average molecular weight is 441 g/mol. The van der Waals surface area contributed by atoms with E-state index >= 15 is 0 Å². The van der Waals surface area contributed by atoms with Gasteiger partial charge in [0.2, 0.25) is 0 Å². The number of urea groups is 1. The van der Waals surface area contributed by atoms with Gasteiger partial charge in [-0.15, -0.1) is 0 Å². The number of methoxy groups -OCH3 is 2. The van der Waals surface area contributed by atoms with E-state index in [0.717, 1.165) is 55.6 Å². The van der Waals surface area contributed by atoms with Crippen LogP contribution in [0.25, 0.3) is 0 Å². The maximum atomic E-state index is 13.1. The van der Waals surface area contributed by atoms with Crippen LogP contribution in [-0.2, 0) is 13.0 Å². The van der Waals surface area contributed by atoms with Gasteiger partial charge in [-0.05, 0) is 25.6 Å². The third-order valence-electron chi connectivity index (χ3n) is 6.21. The smallest absolute Gasteiger partial charge is 0.322 e. The zero-order valence-electron chi connectivity index (χ0n) is 19.3. The molecule has 0 spiro atoms. The van der Waals surface area contributed by atoms with Crippen molar-refractivity contribution >= 4 is 17.5 Å². The molecule has 0 unspecified atom stereocenters. The second-order valence-corrected chi connectivity index (χ2v) is 8.11. The number of piperazine rings is 1. The fourth-order valence-electron chi connectivity index (χ4n) is 4.32. The molecule has 0 radical (unpaired) electrons. The average Bonchev–Trinajstić information content (AvgIpc) is 2.83. The van der Waals surface area contributed by atoms with Crippen LogP contribution in [0.1, 0.15) is 24.0 Å². The predicted molar refractivity (Wildman–Crippen MR) is 124 cm³/mol. The monoisotopic (exact) mass is 440 g/mol. The Balaban J connectivity index is 1.52. The SMILES string of the molecule is CCN1CCN(c2nc(C)nc3c2CN(C(=O)Nc2ccc(OC)cc2OC)CC3)CC1. The maximum Gasteiger partial charge on any atom is 0.322 e. The molecule has 0 bridgehead atoms. The number of anilines is 2. The van der Waals surface area contributed by atoms with E-state index in [1.807, 2.05) is 11.8 Å². The molecule has 0 saturated carbocycles. The number of aromatic nitrogens is 2. The van der Waals surface area contributed by atoms with Crippen molar-refractivity contribution in [1.82, 2.24) is 19.8 Å². The van der Waals surface area contributed by atoms with Crippen molar-refractivity contribution in [2.45, 2.75) is 26.8 Å². The molecule has 1 saturated heterocycles. The number of benzene rings is 1. The highest BCUT2D eigenvalue weighted by Crippen LogP contribution is 2.31. The van der Waals surface area contributed by atoms with Crippen LogP contribution in [0.3, 0.4) is 0 Å². The van der Waals surface area contributed by atoms with Crippen LogP contribution in [0.5, 0.6) is 11.5 Å². The summed E-state index contributed by atoms with van der Waals surface area (Å²) >= 11 is 0. The Morgan fingerprint density at radius 3 is 2.56 bits per heavy atom. The summed E-state index contributed by atoms with van der Waals surface area (Å²) in [7, 11) is 3.17. The van der Waals surface area contributed by atoms with Crippen molar-refractivity contribution in [3.05, 3.63) is 35.3 Å². The van der Waals surface area contributed by atoms with Crippen molar-refractivity contribution in [2.75, 3.05) is 63.7 Å². The van der Waals surface area contributed by atoms with E-state index in [2.05, 4.69) is 27.0 Å². The summed E-state index contributed by atoms with van der Waals surface area (Å²) in [4.78, 5) is 29.2. The Kier molecular flexibility index (Phi) is 6.64. The number of likely N-dealkylation sites (N-methyl/N-ethyl adjacent to an activating group) is 1. The van der Waals surface area contributed by atoms with Gasteiger partial charge in [0.05, 0.1) is 32.1 Å². The van der Waals surface area contributed by atoms with Crippen molar-refractivity contribution in [1.29, 1.82) is 0 Å². The Morgan fingerprint density at radius 2 is 1.88 bits per heavy atom. The minimum atomic E-state index is -0.165.